The third-order valence-corrected chi connectivity index (χ3v) is 9.54. The van der Waals surface area contributed by atoms with Crippen molar-refractivity contribution in [2.75, 3.05) is 49.0 Å². The highest BCUT2D eigenvalue weighted by molar-refractivity contribution is 6.04. The molecule has 1 aliphatic carbocycles. The summed E-state index contributed by atoms with van der Waals surface area (Å²) < 4.78 is 11.1. The van der Waals surface area contributed by atoms with Crippen LogP contribution in [0.1, 0.15) is 61.4 Å². The van der Waals surface area contributed by atoms with E-state index in [-0.39, 0.29) is 56.6 Å². The molecule has 2 aliphatic heterocycles. The van der Waals surface area contributed by atoms with Crippen LogP contribution >= 0.6 is 0 Å². The Morgan fingerprint density at radius 1 is 1.10 bits per heavy atom. The highest BCUT2D eigenvalue weighted by Gasteiger charge is 2.47. The monoisotopic (exact) mass is 657 g/mol. The molecule has 1 atom stereocenters. The maximum atomic E-state index is 13.4. The zero-order valence-corrected chi connectivity index (χ0v) is 27.6. The SMILES string of the molecule is CCC1C(=O)N(C)c2cnc(Nc3ccc(C(=O)NC4(CCO)CN(C(=O)OCc5ccccc5)C4)cc3OC)nc2N1C1CCCC1. The van der Waals surface area contributed by atoms with E-state index in [0.717, 1.165) is 37.1 Å². The summed E-state index contributed by atoms with van der Waals surface area (Å²) in [5.74, 6) is 1.18. The Hall–Kier alpha value is -4.91. The number of rotatable bonds is 11. The van der Waals surface area contributed by atoms with Crippen LogP contribution in [0.2, 0.25) is 0 Å². The Kier molecular flexibility index (Phi) is 9.67. The van der Waals surface area contributed by atoms with Crippen LogP contribution in [0, 0.1) is 0 Å². The number of amides is 3. The van der Waals surface area contributed by atoms with Gasteiger partial charge < -0.3 is 39.9 Å². The summed E-state index contributed by atoms with van der Waals surface area (Å²) in [6.45, 7) is 2.47. The molecule has 0 bridgehead atoms. The van der Waals surface area contributed by atoms with Crippen LogP contribution in [-0.4, -0.2) is 89.4 Å². The van der Waals surface area contributed by atoms with E-state index in [2.05, 4.69) is 20.5 Å². The fraction of sp³-hybridized carbons (Fsp3) is 0.457. The number of aromatic nitrogens is 2. The van der Waals surface area contributed by atoms with Gasteiger partial charge in [-0.25, -0.2) is 9.78 Å². The normalized spacial score (nSPS) is 18.6. The molecule has 6 rings (SSSR count). The van der Waals surface area contributed by atoms with Gasteiger partial charge in [0, 0.05) is 38.3 Å². The van der Waals surface area contributed by atoms with Crippen LogP contribution < -0.4 is 25.2 Å². The Morgan fingerprint density at radius 2 is 1.85 bits per heavy atom. The minimum absolute atomic E-state index is 0.0510. The van der Waals surface area contributed by atoms with Gasteiger partial charge >= 0.3 is 6.09 Å². The Balaban J connectivity index is 1.14. The number of anilines is 4. The van der Waals surface area contributed by atoms with E-state index < -0.39 is 11.6 Å². The number of carbonyl (C=O) groups excluding carboxylic acids is 3. The predicted molar refractivity (Wildman–Crippen MR) is 181 cm³/mol. The van der Waals surface area contributed by atoms with Crippen molar-refractivity contribution in [2.45, 2.75) is 69.7 Å². The summed E-state index contributed by atoms with van der Waals surface area (Å²) in [5.41, 5.74) is 1.69. The smallest absolute Gasteiger partial charge is 0.410 e. The standard InChI is InChI=1S/C35H43N7O6/c1-4-27-32(45)40(2)28-19-36-33(38-30(28)42(27)25-12-8-9-13-25)37-26-15-14-24(18-29(26)47-3)31(44)39-35(16-17-43)21-41(22-35)34(46)48-20-23-10-6-5-7-11-23/h5-7,10-11,14-15,18-19,25,27,43H,4,8-9,12-13,16-17,20-22H2,1-3H3,(H,39,44)(H,36,37,38). The van der Waals surface area contributed by atoms with E-state index in [9.17, 15) is 19.5 Å². The lowest BCUT2D eigenvalue weighted by Gasteiger charge is -2.49. The molecule has 1 aromatic heterocycles. The average molecular weight is 658 g/mol. The fourth-order valence-electron chi connectivity index (χ4n) is 6.95. The molecule has 2 fully saturated rings. The van der Waals surface area contributed by atoms with Gasteiger partial charge in [-0.15, -0.1) is 0 Å². The van der Waals surface area contributed by atoms with Gasteiger partial charge in [0.05, 0.1) is 24.5 Å². The molecule has 1 unspecified atom stereocenters. The second-order valence-corrected chi connectivity index (χ2v) is 12.7. The number of benzene rings is 2. The van der Waals surface area contributed by atoms with Crippen molar-refractivity contribution in [3.8, 4) is 5.75 Å². The van der Waals surface area contributed by atoms with Crippen LogP contribution in [0.3, 0.4) is 0 Å². The van der Waals surface area contributed by atoms with E-state index in [1.54, 1.807) is 36.3 Å². The molecule has 3 amide bonds. The summed E-state index contributed by atoms with van der Waals surface area (Å²) in [6.07, 6.45) is 6.46. The van der Waals surface area contributed by atoms with Gasteiger partial charge in [0.15, 0.2) is 5.82 Å². The number of nitrogens with zero attached hydrogens (tertiary/aromatic N) is 5. The molecule has 48 heavy (non-hydrogen) atoms. The highest BCUT2D eigenvalue weighted by atomic mass is 16.6. The Morgan fingerprint density at radius 3 is 2.54 bits per heavy atom. The minimum atomic E-state index is -0.783. The number of likely N-dealkylation sites (N-methyl/N-ethyl adjacent to an activating group) is 1. The molecule has 3 N–H and O–H groups in total. The molecule has 3 heterocycles. The average Bonchev–Trinajstić information content (AvgIpc) is 3.62. The molecule has 0 radical (unpaired) electrons. The number of fused-ring (bicyclic) bond motifs is 1. The van der Waals surface area contributed by atoms with Crippen molar-refractivity contribution >= 4 is 41.0 Å². The van der Waals surface area contributed by atoms with Gasteiger partial charge in [0.2, 0.25) is 11.9 Å². The number of methoxy groups -OCH3 is 1. The number of ether oxygens (including phenoxy) is 2. The van der Waals surface area contributed by atoms with E-state index >= 15 is 0 Å². The van der Waals surface area contributed by atoms with Gasteiger partial charge in [0.25, 0.3) is 5.91 Å². The number of carbonyl (C=O) groups is 3. The second kappa shape index (κ2) is 14.1. The number of likely N-dealkylation sites (tertiary alicyclic amines) is 1. The number of aliphatic hydroxyl groups is 1. The number of hydrogen-bond acceptors (Lipinski definition) is 10. The lowest BCUT2D eigenvalue weighted by molar-refractivity contribution is -0.120. The number of nitrogens with one attached hydrogen (secondary N) is 2. The molecular formula is C35H43N7O6. The zero-order valence-electron chi connectivity index (χ0n) is 27.6. The van der Waals surface area contributed by atoms with E-state index in [1.165, 1.54) is 12.0 Å². The molecule has 0 spiro atoms. The lowest BCUT2D eigenvalue weighted by Crippen LogP contribution is -2.71. The molecule has 1 saturated heterocycles. The van der Waals surface area contributed by atoms with E-state index in [1.807, 2.05) is 37.3 Å². The van der Waals surface area contributed by atoms with Crippen molar-refractivity contribution in [2.24, 2.45) is 0 Å². The van der Waals surface area contributed by atoms with Gasteiger partial charge in [-0.1, -0.05) is 50.1 Å². The fourth-order valence-corrected chi connectivity index (χ4v) is 6.95. The van der Waals surface area contributed by atoms with Crippen molar-refractivity contribution in [1.82, 2.24) is 20.2 Å². The van der Waals surface area contributed by atoms with E-state index in [0.29, 0.717) is 35.1 Å². The summed E-state index contributed by atoms with van der Waals surface area (Å²) >= 11 is 0. The first-order valence-electron chi connectivity index (χ1n) is 16.5. The van der Waals surface area contributed by atoms with Gasteiger partial charge in [-0.2, -0.15) is 4.98 Å². The Labute approximate surface area is 280 Å². The van der Waals surface area contributed by atoms with Crippen LogP contribution in [0.4, 0.5) is 27.9 Å². The highest BCUT2D eigenvalue weighted by Crippen LogP contribution is 2.40. The van der Waals surface area contributed by atoms with Crippen molar-refractivity contribution < 1.29 is 29.0 Å². The topological polar surface area (TPSA) is 149 Å². The van der Waals surface area contributed by atoms with Crippen molar-refractivity contribution in [3.05, 3.63) is 65.9 Å². The molecule has 13 heteroatoms. The second-order valence-electron chi connectivity index (χ2n) is 12.7. The van der Waals surface area contributed by atoms with Crippen molar-refractivity contribution in [3.63, 3.8) is 0 Å². The van der Waals surface area contributed by atoms with Gasteiger partial charge in [-0.05, 0) is 49.4 Å². The van der Waals surface area contributed by atoms with Gasteiger partial charge in [-0.3, -0.25) is 9.59 Å². The first kappa shape index (κ1) is 33.0. The lowest BCUT2D eigenvalue weighted by atomic mass is 9.86. The van der Waals surface area contributed by atoms with Gasteiger partial charge in [0.1, 0.15) is 24.1 Å². The van der Waals surface area contributed by atoms with Crippen LogP contribution in [-0.2, 0) is 16.1 Å². The predicted octanol–water partition coefficient (Wildman–Crippen LogP) is 4.24. The molecule has 254 valence electrons. The molecule has 1 saturated carbocycles. The Bertz CT molecular complexity index is 1640. The molecule has 13 nitrogen and oxygen atoms in total. The summed E-state index contributed by atoms with van der Waals surface area (Å²) in [5, 5.41) is 16.0. The molecule has 2 aromatic carbocycles. The molecule has 3 aromatic rings. The molecular weight excluding hydrogens is 614 g/mol. The van der Waals surface area contributed by atoms with Crippen LogP contribution in [0.15, 0.2) is 54.7 Å². The third-order valence-electron chi connectivity index (χ3n) is 9.54. The third kappa shape index (κ3) is 6.59. The number of hydrogen-bond donors (Lipinski definition) is 3. The first-order valence-corrected chi connectivity index (χ1v) is 16.5. The quantitative estimate of drug-likeness (QED) is 0.273. The zero-order chi connectivity index (χ0) is 33.8. The largest absolute Gasteiger partial charge is 0.495 e. The summed E-state index contributed by atoms with van der Waals surface area (Å²) in [6, 6.07) is 14.4. The first-order chi connectivity index (χ1) is 23.3. The summed E-state index contributed by atoms with van der Waals surface area (Å²) in [4.78, 5) is 54.0. The minimum Gasteiger partial charge on any atom is -0.495 e. The number of aliphatic hydroxyl groups excluding tert-OH is 1. The molecule has 3 aliphatic rings. The van der Waals surface area contributed by atoms with E-state index in [4.69, 9.17) is 14.5 Å². The van der Waals surface area contributed by atoms with Crippen molar-refractivity contribution in [1.29, 1.82) is 0 Å². The van der Waals surface area contributed by atoms with Crippen LogP contribution in [0.25, 0.3) is 0 Å². The van der Waals surface area contributed by atoms with Crippen LogP contribution in [0.5, 0.6) is 5.75 Å². The maximum Gasteiger partial charge on any atom is 0.410 e. The maximum absolute atomic E-state index is 13.4. The summed E-state index contributed by atoms with van der Waals surface area (Å²) in [7, 11) is 3.28.